The summed E-state index contributed by atoms with van der Waals surface area (Å²) in [6, 6.07) is 15.8. The van der Waals surface area contributed by atoms with Crippen LogP contribution in [0.3, 0.4) is 0 Å². The van der Waals surface area contributed by atoms with Crippen LogP contribution in [0, 0.1) is 11.3 Å². The second-order valence-corrected chi connectivity index (χ2v) is 5.26. The average molecular weight is 269 g/mol. The van der Waals surface area contributed by atoms with E-state index in [1.807, 2.05) is 30.3 Å². The van der Waals surface area contributed by atoms with E-state index in [0.29, 0.717) is 16.5 Å². The highest BCUT2D eigenvalue weighted by molar-refractivity contribution is 6.30. The Morgan fingerprint density at radius 1 is 1.11 bits per heavy atom. The van der Waals surface area contributed by atoms with E-state index in [-0.39, 0.29) is 0 Å². The second-order valence-electron chi connectivity index (χ2n) is 4.82. The number of rotatable bonds is 3. The summed E-state index contributed by atoms with van der Waals surface area (Å²) < 4.78 is 0. The molecule has 0 unspecified atom stereocenters. The molecule has 0 radical (unpaired) electrons. The molecule has 0 heterocycles. The van der Waals surface area contributed by atoms with Crippen LogP contribution in [0.5, 0.6) is 0 Å². The maximum absolute atomic E-state index is 9.17. The molecule has 94 valence electrons. The van der Waals surface area contributed by atoms with Crippen molar-refractivity contribution in [3.63, 3.8) is 0 Å². The van der Waals surface area contributed by atoms with Crippen molar-refractivity contribution in [2.75, 3.05) is 5.32 Å². The molecule has 1 aliphatic rings. The van der Waals surface area contributed by atoms with Gasteiger partial charge in [-0.05, 0) is 60.7 Å². The Balaban J connectivity index is 1.91. The third-order valence-electron chi connectivity index (χ3n) is 3.34. The molecule has 19 heavy (non-hydrogen) atoms. The molecule has 3 rings (SSSR count). The van der Waals surface area contributed by atoms with E-state index < -0.39 is 0 Å². The van der Waals surface area contributed by atoms with Gasteiger partial charge in [0.15, 0.2) is 0 Å². The van der Waals surface area contributed by atoms with Gasteiger partial charge in [-0.1, -0.05) is 17.7 Å². The van der Waals surface area contributed by atoms with Gasteiger partial charge in [-0.25, -0.2) is 0 Å². The first-order valence-corrected chi connectivity index (χ1v) is 6.71. The predicted molar refractivity (Wildman–Crippen MR) is 77.9 cm³/mol. The molecule has 2 aromatic carbocycles. The number of hydrogen-bond acceptors (Lipinski definition) is 2. The summed E-state index contributed by atoms with van der Waals surface area (Å²) in [5.41, 5.74) is 3.79. The summed E-state index contributed by atoms with van der Waals surface area (Å²) in [5.74, 6) is 0.679. The van der Waals surface area contributed by atoms with Gasteiger partial charge in [0.1, 0.15) is 6.07 Å². The van der Waals surface area contributed by atoms with E-state index in [0.717, 1.165) is 11.4 Å². The van der Waals surface area contributed by atoms with Gasteiger partial charge in [-0.15, -0.1) is 0 Å². The Kier molecular flexibility index (Phi) is 3.15. The minimum atomic E-state index is 0.666. The summed E-state index contributed by atoms with van der Waals surface area (Å²) in [7, 11) is 0. The number of nitrogens with one attached hydrogen (secondary N) is 1. The van der Waals surface area contributed by atoms with Gasteiger partial charge in [-0.3, -0.25) is 0 Å². The summed E-state index contributed by atoms with van der Waals surface area (Å²) in [6.07, 6.45) is 2.51. The lowest BCUT2D eigenvalue weighted by atomic mass is 10.1. The maximum Gasteiger partial charge on any atom is 0.101 e. The van der Waals surface area contributed by atoms with Gasteiger partial charge >= 0.3 is 0 Å². The van der Waals surface area contributed by atoms with Crippen molar-refractivity contribution in [3.05, 3.63) is 58.6 Å². The second kappa shape index (κ2) is 4.95. The lowest BCUT2D eigenvalue weighted by Crippen LogP contribution is -1.95. The Bertz CT molecular complexity index is 637. The highest BCUT2D eigenvalue weighted by Crippen LogP contribution is 2.41. The van der Waals surface area contributed by atoms with Crippen LogP contribution >= 0.6 is 11.6 Å². The Morgan fingerprint density at radius 3 is 2.47 bits per heavy atom. The van der Waals surface area contributed by atoms with Crippen LogP contribution in [0.4, 0.5) is 11.4 Å². The molecule has 2 aromatic rings. The minimum absolute atomic E-state index is 0.666. The van der Waals surface area contributed by atoms with Crippen molar-refractivity contribution in [1.82, 2.24) is 0 Å². The summed E-state index contributed by atoms with van der Waals surface area (Å²) in [4.78, 5) is 0. The zero-order valence-corrected chi connectivity index (χ0v) is 11.1. The lowest BCUT2D eigenvalue weighted by Gasteiger charge is -2.10. The van der Waals surface area contributed by atoms with Gasteiger partial charge in [0, 0.05) is 10.7 Å². The van der Waals surface area contributed by atoms with Crippen molar-refractivity contribution >= 4 is 23.0 Å². The van der Waals surface area contributed by atoms with E-state index in [1.165, 1.54) is 18.4 Å². The molecule has 1 saturated carbocycles. The van der Waals surface area contributed by atoms with E-state index in [2.05, 4.69) is 23.5 Å². The minimum Gasteiger partial charge on any atom is -0.354 e. The third-order valence-corrected chi connectivity index (χ3v) is 3.59. The Morgan fingerprint density at radius 2 is 1.84 bits per heavy atom. The number of nitriles is 1. The summed E-state index contributed by atoms with van der Waals surface area (Å²) in [5, 5.41) is 13.2. The quantitative estimate of drug-likeness (QED) is 0.865. The maximum atomic E-state index is 9.17. The van der Waals surface area contributed by atoms with Gasteiger partial charge in [0.2, 0.25) is 0 Å². The number of nitrogens with zero attached hydrogens (tertiary/aromatic N) is 1. The molecule has 0 aliphatic heterocycles. The topological polar surface area (TPSA) is 35.8 Å². The van der Waals surface area contributed by atoms with E-state index in [1.54, 1.807) is 0 Å². The molecule has 1 fully saturated rings. The molecule has 0 saturated heterocycles. The number of benzene rings is 2. The molecule has 0 atom stereocenters. The third kappa shape index (κ3) is 2.72. The van der Waals surface area contributed by atoms with Crippen LogP contribution in [0.25, 0.3) is 0 Å². The van der Waals surface area contributed by atoms with E-state index >= 15 is 0 Å². The number of anilines is 2. The fourth-order valence-corrected chi connectivity index (χ4v) is 2.25. The number of hydrogen-bond donors (Lipinski definition) is 1. The smallest absolute Gasteiger partial charge is 0.101 e. The fourth-order valence-electron chi connectivity index (χ4n) is 2.12. The van der Waals surface area contributed by atoms with Gasteiger partial charge < -0.3 is 5.32 Å². The summed E-state index contributed by atoms with van der Waals surface area (Å²) >= 11 is 5.87. The monoisotopic (exact) mass is 268 g/mol. The molecular formula is C16H13ClN2. The molecular weight excluding hydrogens is 256 g/mol. The van der Waals surface area contributed by atoms with Gasteiger partial charge in [-0.2, -0.15) is 5.26 Å². The Hall–Kier alpha value is -1.98. The molecule has 2 nitrogen and oxygen atoms in total. The lowest BCUT2D eigenvalue weighted by molar-refractivity contribution is 1.13. The van der Waals surface area contributed by atoms with Crippen molar-refractivity contribution in [2.45, 2.75) is 18.8 Å². The van der Waals surface area contributed by atoms with Crippen LogP contribution in [-0.2, 0) is 0 Å². The standard InChI is InChI=1S/C16H13ClN2/c17-14-5-7-15(8-6-14)19-16-9-12(11-1-2-11)3-4-13(16)10-18/h3-9,11,19H,1-2H2. The van der Waals surface area contributed by atoms with Crippen molar-refractivity contribution in [3.8, 4) is 6.07 Å². The first kappa shape index (κ1) is 12.1. The average Bonchev–Trinajstić information content (AvgIpc) is 3.26. The van der Waals surface area contributed by atoms with Crippen molar-refractivity contribution < 1.29 is 0 Å². The van der Waals surface area contributed by atoms with Crippen LogP contribution in [0.15, 0.2) is 42.5 Å². The van der Waals surface area contributed by atoms with Crippen LogP contribution in [0.1, 0.15) is 29.9 Å². The molecule has 0 amide bonds. The van der Waals surface area contributed by atoms with Crippen LogP contribution < -0.4 is 5.32 Å². The zero-order chi connectivity index (χ0) is 13.2. The Labute approximate surface area is 117 Å². The van der Waals surface area contributed by atoms with Crippen molar-refractivity contribution in [1.29, 1.82) is 5.26 Å². The predicted octanol–water partition coefficient (Wildman–Crippen LogP) is 4.83. The fraction of sp³-hybridized carbons (Fsp3) is 0.188. The SMILES string of the molecule is N#Cc1ccc(C2CC2)cc1Nc1ccc(Cl)cc1. The largest absolute Gasteiger partial charge is 0.354 e. The van der Waals surface area contributed by atoms with Crippen LogP contribution in [-0.4, -0.2) is 0 Å². The van der Waals surface area contributed by atoms with E-state index in [4.69, 9.17) is 11.6 Å². The first-order valence-electron chi connectivity index (χ1n) is 6.33. The normalized spacial score (nSPS) is 13.9. The first-order chi connectivity index (χ1) is 9.26. The summed E-state index contributed by atoms with van der Waals surface area (Å²) in [6.45, 7) is 0. The van der Waals surface area contributed by atoms with Crippen LogP contribution in [0.2, 0.25) is 5.02 Å². The zero-order valence-electron chi connectivity index (χ0n) is 10.4. The van der Waals surface area contributed by atoms with Gasteiger partial charge in [0.25, 0.3) is 0 Å². The van der Waals surface area contributed by atoms with Gasteiger partial charge in [0.05, 0.1) is 11.3 Å². The molecule has 0 aromatic heterocycles. The number of halogens is 1. The molecule has 1 aliphatic carbocycles. The highest BCUT2D eigenvalue weighted by Gasteiger charge is 2.24. The molecule has 0 bridgehead atoms. The van der Waals surface area contributed by atoms with E-state index in [9.17, 15) is 5.26 Å². The molecule has 3 heteroatoms. The highest BCUT2D eigenvalue weighted by atomic mass is 35.5. The molecule has 0 spiro atoms. The molecule has 1 N–H and O–H groups in total. The van der Waals surface area contributed by atoms with Crippen molar-refractivity contribution in [2.24, 2.45) is 0 Å².